The molecule has 0 saturated carbocycles. The minimum atomic E-state index is -0.467. The van der Waals surface area contributed by atoms with Crippen LogP contribution in [0.15, 0.2) is 42.2 Å². The van der Waals surface area contributed by atoms with E-state index in [0.717, 1.165) is 0 Å². The molecule has 146 valence electrons. The van der Waals surface area contributed by atoms with Gasteiger partial charge in [0.05, 0.1) is 26.4 Å². The maximum atomic E-state index is 12.6. The van der Waals surface area contributed by atoms with Crippen LogP contribution >= 0.6 is 0 Å². The number of Topliss-reactive ketones (excluding diaryl/α,β-unsaturated/α-hetero) is 1. The molecule has 28 heavy (non-hydrogen) atoms. The molecule has 1 heterocycles. The second-order valence-electron chi connectivity index (χ2n) is 5.77. The summed E-state index contributed by atoms with van der Waals surface area (Å²) in [6.45, 7) is 1.79. The first-order valence-corrected chi connectivity index (χ1v) is 8.65. The van der Waals surface area contributed by atoms with E-state index in [0.29, 0.717) is 34.1 Å². The molecule has 1 aliphatic rings. The number of fused-ring (bicyclic) bond motifs is 1. The Morgan fingerprint density at radius 3 is 2.68 bits per heavy atom. The second kappa shape index (κ2) is 8.47. The van der Waals surface area contributed by atoms with E-state index >= 15 is 0 Å². The molecule has 0 atom stereocenters. The summed E-state index contributed by atoms with van der Waals surface area (Å²) in [5.41, 5.74) is 1.06. The summed E-state index contributed by atoms with van der Waals surface area (Å²) in [5, 5.41) is 0. The number of esters is 1. The molecule has 3 rings (SSSR count). The zero-order valence-electron chi connectivity index (χ0n) is 15.8. The first-order chi connectivity index (χ1) is 13.6. The molecule has 0 radical (unpaired) electrons. The van der Waals surface area contributed by atoms with Crippen LogP contribution in [-0.4, -0.2) is 39.2 Å². The van der Waals surface area contributed by atoms with Crippen molar-refractivity contribution in [2.45, 2.75) is 6.92 Å². The molecule has 0 spiro atoms. The van der Waals surface area contributed by atoms with Gasteiger partial charge in [-0.25, -0.2) is 4.79 Å². The normalized spacial score (nSPS) is 13.7. The van der Waals surface area contributed by atoms with Gasteiger partial charge in [-0.3, -0.25) is 4.79 Å². The zero-order valence-corrected chi connectivity index (χ0v) is 15.8. The number of benzene rings is 2. The number of carbonyl (C=O) groups is 2. The van der Waals surface area contributed by atoms with Gasteiger partial charge in [-0.1, -0.05) is 12.1 Å². The smallest absolute Gasteiger partial charge is 0.344 e. The first-order valence-electron chi connectivity index (χ1n) is 8.65. The molecule has 0 aromatic heterocycles. The van der Waals surface area contributed by atoms with Gasteiger partial charge < -0.3 is 23.7 Å². The predicted molar refractivity (Wildman–Crippen MR) is 101 cm³/mol. The SMILES string of the molecule is CCOC(=O)COc1ccc2c(c1)OC(=Cc1cccc(OC)c1OC)C2=O. The Kier molecular flexibility index (Phi) is 5.84. The number of ether oxygens (including phenoxy) is 5. The molecule has 7 heteroatoms. The van der Waals surface area contributed by atoms with Crippen LogP contribution in [0.2, 0.25) is 0 Å². The number of ketones is 1. The molecule has 0 N–H and O–H groups in total. The average molecular weight is 384 g/mol. The quantitative estimate of drug-likeness (QED) is 0.535. The summed E-state index contributed by atoms with van der Waals surface area (Å²) in [6, 6.07) is 10.1. The van der Waals surface area contributed by atoms with Gasteiger partial charge >= 0.3 is 5.97 Å². The molecule has 0 aliphatic carbocycles. The standard InChI is InChI=1S/C21H20O7/c1-4-26-19(22)12-27-14-8-9-15-17(11-14)28-18(20(15)23)10-13-6-5-7-16(24-2)21(13)25-3/h5-11H,4,12H2,1-3H3. The summed E-state index contributed by atoms with van der Waals surface area (Å²) in [5.74, 6) is 1.25. The van der Waals surface area contributed by atoms with Gasteiger partial charge in [-0.15, -0.1) is 0 Å². The zero-order chi connectivity index (χ0) is 20.1. The van der Waals surface area contributed by atoms with Crippen molar-refractivity contribution >= 4 is 17.8 Å². The Bertz CT molecular complexity index is 930. The maximum Gasteiger partial charge on any atom is 0.344 e. The number of carbonyl (C=O) groups excluding carboxylic acids is 2. The minimum Gasteiger partial charge on any atom is -0.493 e. The van der Waals surface area contributed by atoms with E-state index in [2.05, 4.69) is 0 Å². The summed E-state index contributed by atoms with van der Waals surface area (Å²) in [6.07, 6.45) is 1.60. The fourth-order valence-electron chi connectivity index (χ4n) is 2.77. The first kappa shape index (κ1) is 19.3. The van der Waals surface area contributed by atoms with Crippen LogP contribution in [0.4, 0.5) is 0 Å². The van der Waals surface area contributed by atoms with E-state index < -0.39 is 5.97 Å². The number of allylic oxidation sites excluding steroid dienone is 1. The van der Waals surface area contributed by atoms with E-state index in [-0.39, 0.29) is 24.8 Å². The van der Waals surface area contributed by atoms with Crippen molar-refractivity contribution in [3.8, 4) is 23.0 Å². The topological polar surface area (TPSA) is 80.3 Å². The molecule has 1 aliphatic heterocycles. The van der Waals surface area contributed by atoms with Crippen molar-refractivity contribution in [3.63, 3.8) is 0 Å². The van der Waals surface area contributed by atoms with Crippen LogP contribution in [-0.2, 0) is 9.53 Å². The molecule has 2 aromatic carbocycles. The summed E-state index contributed by atoms with van der Waals surface area (Å²) >= 11 is 0. The van der Waals surface area contributed by atoms with Crippen LogP contribution in [0.5, 0.6) is 23.0 Å². The van der Waals surface area contributed by atoms with Crippen LogP contribution in [0.3, 0.4) is 0 Å². The Hall–Kier alpha value is -3.48. The van der Waals surface area contributed by atoms with Gasteiger partial charge in [-0.05, 0) is 31.2 Å². The number of hydrogen-bond acceptors (Lipinski definition) is 7. The van der Waals surface area contributed by atoms with Crippen LogP contribution in [0, 0.1) is 0 Å². The van der Waals surface area contributed by atoms with Crippen molar-refractivity contribution < 1.29 is 33.3 Å². The number of hydrogen-bond donors (Lipinski definition) is 0. The second-order valence-corrected chi connectivity index (χ2v) is 5.77. The highest BCUT2D eigenvalue weighted by atomic mass is 16.6. The average Bonchev–Trinajstić information content (AvgIpc) is 3.01. The van der Waals surface area contributed by atoms with Crippen LogP contribution in [0.25, 0.3) is 6.08 Å². The van der Waals surface area contributed by atoms with Crippen molar-refractivity contribution in [2.24, 2.45) is 0 Å². The van der Waals surface area contributed by atoms with Crippen molar-refractivity contribution in [1.29, 1.82) is 0 Å². The van der Waals surface area contributed by atoms with Crippen molar-refractivity contribution in [3.05, 3.63) is 53.3 Å². The molecule has 2 aromatic rings. The largest absolute Gasteiger partial charge is 0.493 e. The third-order valence-electron chi connectivity index (χ3n) is 4.02. The van der Waals surface area contributed by atoms with Gasteiger partial charge in [0.1, 0.15) is 11.5 Å². The lowest BCUT2D eigenvalue weighted by Crippen LogP contribution is -2.14. The third kappa shape index (κ3) is 3.93. The molecular formula is C21H20O7. The van der Waals surface area contributed by atoms with E-state index in [9.17, 15) is 9.59 Å². The molecule has 0 unspecified atom stereocenters. The third-order valence-corrected chi connectivity index (χ3v) is 4.02. The monoisotopic (exact) mass is 384 g/mol. The molecule has 0 fully saturated rings. The Labute approximate surface area is 162 Å². The van der Waals surface area contributed by atoms with Gasteiger partial charge in [0.25, 0.3) is 0 Å². The summed E-state index contributed by atoms with van der Waals surface area (Å²) in [7, 11) is 3.07. The van der Waals surface area contributed by atoms with E-state index in [4.69, 9.17) is 23.7 Å². The number of methoxy groups -OCH3 is 2. The number of para-hydroxylation sites is 1. The molecule has 0 amide bonds. The lowest BCUT2D eigenvalue weighted by molar-refractivity contribution is -0.145. The highest BCUT2D eigenvalue weighted by Gasteiger charge is 2.28. The summed E-state index contributed by atoms with van der Waals surface area (Å²) in [4.78, 5) is 24.0. The highest BCUT2D eigenvalue weighted by molar-refractivity contribution is 6.14. The van der Waals surface area contributed by atoms with Gasteiger partial charge in [0, 0.05) is 11.6 Å². The Morgan fingerprint density at radius 2 is 1.96 bits per heavy atom. The van der Waals surface area contributed by atoms with Crippen LogP contribution < -0.4 is 18.9 Å². The molecule has 7 nitrogen and oxygen atoms in total. The van der Waals surface area contributed by atoms with Crippen molar-refractivity contribution in [2.75, 3.05) is 27.4 Å². The Balaban J connectivity index is 1.82. The van der Waals surface area contributed by atoms with E-state index in [1.165, 1.54) is 7.11 Å². The lowest BCUT2D eigenvalue weighted by atomic mass is 10.1. The number of rotatable bonds is 7. The van der Waals surface area contributed by atoms with Gasteiger partial charge in [-0.2, -0.15) is 0 Å². The molecular weight excluding hydrogens is 364 g/mol. The Morgan fingerprint density at radius 1 is 1.14 bits per heavy atom. The van der Waals surface area contributed by atoms with E-state index in [1.54, 1.807) is 56.5 Å². The van der Waals surface area contributed by atoms with Gasteiger partial charge in [0.15, 0.2) is 23.9 Å². The summed E-state index contributed by atoms with van der Waals surface area (Å²) < 4.78 is 26.6. The fraction of sp³-hybridized carbons (Fsp3) is 0.238. The lowest BCUT2D eigenvalue weighted by Gasteiger charge is -2.10. The van der Waals surface area contributed by atoms with Crippen molar-refractivity contribution in [1.82, 2.24) is 0 Å². The molecule has 0 bridgehead atoms. The van der Waals surface area contributed by atoms with Gasteiger partial charge in [0.2, 0.25) is 5.78 Å². The van der Waals surface area contributed by atoms with Crippen LogP contribution in [0.1, 0.15) is 22.8 Å². The highest BCUT2D eigenvalue weighted by Crippen LogP contribution is 2.37. The minimum absolute atomic E-state index is 0.157. The predicted octanol–water partition coefficient (Wildman–Crippen LogP) is 3.26. The maximum absolute atomic E-state index is 12.6. The van der Waals surface area contributed by atoms with E-state index in [1.807, 2.05) is 0 Å². The fourth-order valence-corrected chi connectivity index (χ4v) is 2.77. The molecule has 0 saturated heterocycles.